The number of hydrogen-bond donors (Lipinski definition) is 2. The molecule has 0 bridgehead atoms. The molecule has 2 aliphatic heterocycles. The number of cyclic esters (lactones) is 1. The van der Waals surface area contributed by atoms with Gasteiger partial charge in [0, 0.05) is 22.6 Å². The molecule has 5 rings (SSSR count). The third-order valence-corrected chi connectivity index (χ3v) is 6.84. The highest BCUT2D eigenvalue weighted by Crippen LogP contribution is 2.39. The number of ether oxygens (including phenoxy) is 1. The summed E-state index contributed by atoms with van der Waals surface area (Å²) in [7, 11) is 0. The predicted molar refractivity (Wildman–Crippen MR) is 121 cm³/mol. The standard InChI is InChI=1S/C25H27N3O4/c1-3-5-9-19(26)16-8-6-7-14-10-15-12-28-20(22(15)27-21(14)16)11-18-17(23(28)29)13-32-24(30)25(18,31)4-2/h6-8,10-11,19,31H,3-5,9,12-13,26H2,1-2H3/t19?,25-/m0/s1. The second-order valence-electron chi connectivity index (χ2n) is 8.77. The number of unbranched alkanes of at least 4 members (excludes halogenated alkanes) is 1. The number of esters is 1. The van der Waals surface area contributed by atoms with E-state index in [4.69, 9.17) is 15.5 Å². The van der Waals surface area contributed by atoms with Gasteiger partial charge < -0.3 is 20.1 Å². The van der Waals surface area contributed by atoms with Crippen LogP contribution in [0.1, 0.15) is 67.8 Å². The van der Waals surface area contributed by atoms with E-state index in [1.165, 1.54) is 0 Å². The monoisotopic (exact) mass is 433 g/mol. The van der Waals surface area contributed by atoms with Gasteiger partial charge in [-0.05, 0) is 30.5 Å². The fourth-order valence-electron chi connectivity index (χ4n) is 4.91. The summed E-state index contributed by atoms with van der Waals surface area (Å²) in [5.74, 6) is -0.717. The van der Waals surface area contributed by atoms with Gasteiger partial charge in [-0.25, -0.2) is 9.78 Å². The van der Waals surface area contributed by atoms with Crippen LogP contribution in [0, 0.1) is 0 Å². The lowest BCUT2D eigenvalue weighted by molar-refractivity contribution is -0.172. The van der Waals surface area contributed by atoms with E-state index in [1.807, 2.05) is 18.2 Å². The number of aromatic nitrogens is 2. The number of nitrogens with zero attached hydrogens (tertiary/aromatic N) is 2. The summed E-state index contributed by atoms with van der Waals surface area (Å²) in [4.78, 5) is 30.6. The average molecular weight is 434 g/mol. The van der Waals surface area contributed by atoms with Gasteiger partial charge in [0.25, 0.3) is 5.56 Å². The minimum atomic E-state index is -1.82. The molecule has 2 aromatic heterocycles. The Hall–Kier alpha value is -3.03. The van der Waals surface area contributed by atoms with Crippen LogP contribution in [-0.2, 0) is 28.3 Å². The minimum absolute atomic E-state index is 0.115. The van der Waals surface area contributed by atoms with Gasteiger partial charge in [-0.15, -0.1) is 0 Å². The Morgan fingerprint density at radius 2 is 2.09 bits per heavy atom. The molecule has 2 aliphatic rings. The number of aliphatic hydroxyl groups is 1. The smallest absolute Gasteiger partial charge is 0.343 e. The molecule has 32 heavy (non-hydrogen) atoms. The van der Waals surface area contributed by atoms with Gasteiger partial charge in [-0.3, -0.25) is 4.79 Å². The largest absolute Gasteiger partial charge is 0.458 e. The summed E-state index contributed by atoms with van der Waals surface area (Å²) in [6.07, 6.45) is 3.11. The van der Waals surface area contributed by atoms with Crippen molar-refractivity contribution in [3.05, 3.63) is 62.9 Å². The first-order valence-electron chi connectivity index (χ1n) is 11.2. The Morgan fingerprint density at radius 3 is 2.84 bits per heavy atom. The van der Waals surface area contributed by atoms with Gasteiger partial charge in [0.2, 0.25) is 0 Å². The van der Waals surface area contributed by atoms with E-state index in [-0.39, 0.29) is 24.6 Å². The van der Waals surface area contributed by atoms with Gasteiger partial charge >= 0.3 is 5.97 Å². The average Bonchev–Trinajstić information content (AvgIpc) is 3.16. The Bertz CT molecular complexity index is 1310. The van der Waals surface area contributed by atoms with E-state index in [0.717, 1.165) is 41.3 Å². The Kier molecular flexibility index (Phi) is 4.91. The summed E-state index contributed by atoms with van der Waals surface area (Å²) in [6.45, 7) is 4.11. The number of pyridine rings is 2. The molecule has 0 fully saturated rings. The lowest BCUT2D eigenvalue weighted by Crippen LogP contribution is -2.44. The lowest BCUT2D eigenvalue weighted by atomic mass is 9.86. The summed E-state index contributed by atoms with van der Waals surface area (Å²) < 4.78 is 6.79. The van der Waals surface area contributed by atoms with E-state index in [0.29, 0.717) is 29.1 Å². The third-order valence-electron chi connectivity index (χ3n) is 6.84. The fourth-order valence-corrected chi connectivity index (χ4v) is 4.91. The van der Waals surface area contributed by atoms with Gasteiger partial charge in [0.05, 0.1) is 29.0 Å². The SMILES string of the molecule is CCCCC(N)c1cccc2cc3c(nc12)-c1cc2c(c(=O)n1C3)COC(=O)[C@]2(O)CC. The van der Waals surface area contributed by atoms with E-state index in [2.05, 4.69) is 13.0 Å². The van der Waals surface area contributed by atoms with E-state index in [9.17, 15) is 14.7 Å². The Morgan fingerprint density at radius 1 is 1.28 bits per heavy atom. The number of carbonyl (C=O) groups is 1. The molecule has 7 heteroatoms. The Labute approximate surface area is 185 Å². The van der Waals surface area contributed by atoms with Crippen molar-refractivity contribution in [2.75, 3.05) is 0 Å². The highest BCUT2D eigenvalue weighted by molar-refractivity contribution is 5.88. The van der Waals surface area contributed by atoms with Crippen LogP contribution in [0.3, 0.4) is 0 Å². The van der Waals surface area contributed by atoms with E-state index >= 15 is 0 Å². The zero-order valence-electron chi connectivity index (χ0n) is 18.4. The molecule has 166 valence electrons. The maximum Gasteiger partial charge on any atom is 0.343 e. The number of nitrogens with two attached hydrogens (primary N) is 1. The van der Waals surface area contributed by atoms with Crippen LogP contribution in [-0.4, -0.2) is 20.6 Å². The zero-order valence-corrected chi connectivity index (χ0v) is 18.4. The molecule has 0 radical (unpaired) electrons. The first-order chi connectivity index (χ1) is 15.4. The van der Waals surface area contributed by atoms with Gasteiger partial charge in [-0.1, -0.05) is 44.9 Å². The van der Waals surface area contributed by atoms with Crippen LogP contribution in [0.2, 0.25) is 0 Å². The summed E-state index contributed by atoms with van der Waals surface area (Å²) in [6, 6.07) is 9.71. The van der Waals surface area contributed by atoms with Crippen molar-refractivity contribution in [3.8, 4) is 11.4 Å². The van der Waals surface area contributed by atoms with Gasteiger partial charge in [0.15, 0.2) is 5.60 Å². The van der Waals surface area contributed by atoms with Crippen molar-refractivity contribution in [1.82, 2.24) is 9.55 Å². The minimum Gasteiger partial charge on any atom is -0.458 e. The van der Waals surface area contributed by atoms with Crippen LogP contribution in [0.5, 0.6) is 0 Å². The molecule has 0 saturated carbocycles. The van der Waals surface area contributed by atoms with Gasteiger partial charge in [0.1, 0.15) is 6.61 Å². The number of carbonyl (C=O) groups excluding carboxylic acids is 1. The number of rotatable bonds is 5. The molecule has 3 N–H and O–H groups in total. The molecule has 1 unspecified atom stereocenters. The third kappa shape index (κ3) is 2.92. The van der Waals surface area contributed by atoms with E-state index < -0.39 is 11.6 Å². The molecular formula is C25H27N3O4. The van der Waals surface area contributed by atoms with Crippen molar-refractivity contribution in [3.63, 3.8) is 0 Å². The Balaban J connectivity index is 1.71. The molecule has 1 aromatic carbocycles. The van der Waals surface area contributed by atoms with E-state index in [1.54, 1.807) is 17.6 Å². The predicted octanol–water partition coefficient (Wildman–Crippen LogP) is 3.27. The number of benzene rings is 1. The molecule has 7 nitrogen and oxygen atoms in total. The number of fused-ring (bicyclic) bond motifs is 5. The van der Waals surface area contributed by atoms with Crippen molar-refractivity contribution >= 4 is 16.9 Å². The summed E-state index contributed by atoms with van der Waals surface area (Å²) in [5.41, 5.74) is 9.15. The number of hydrogen-bond acceptors (Lipinski definition) is 6. The molecule has 0 saturated heterocycles. The maximum absolute atomic E-state index is 13.3. The lowest BCUT2D eigenvalue weighted by Gasteiger charge is -2.31. The first kappa shape index (κ1) is 20.8. The molecule has 3 aromatic rings. The molecule has 0 aliphatic carbocycles. The zero-order chi connectivity index (χ0) is 22.6. The molecule has 4 heterocycles. The molecule has 2 atom stereocenters. The highest BCUT2D eigenvalue weighted by atomic mass is 16.6. The first-order valence-corrected chi connectivity index (χ1v) is 11.2. The highest BCUT2D eigenvalue weighted by Gasteiger charge is 2.45. The molecular weight excluding hydrogens is 406 g/mol. The van der Waals surface area contributed by atoms with Crippen molar-refractivity contribution in [1.29, 1.82) is 0 Å². The van der Waals surface area contributed by atoms with Crippen LogP contribution < -0.4 is 11.3 Å². The van der Waals surface area contributed by atoms with Gasteiger partial charge in [-0.2, -0.15) is 0 Å². The quantitative estimate of drug-likeness (QED) is 0.468. The fraction of sp³-hybridized carbons (Fsp3) is 0.400. The molecule has 0 amide bonds. The van der Waals surface area contributed by atoms with Crippen molar-refractivity contribution in [2.24, 2.45) is 5.73 Å². The van der Waals surface area contributed by atoms with Crippen molar-refractivity contribution in [2.45, 2.75) is 64.3 Å². The van der Waals surface area contributed by atoms with Crippen LogP contribution in [0.4, 0.5) is 0 Å². The van der Waals surface area contributed by atoms with Crippen LogP contribution >= 0.6 is 0 Å². The second kappa shape index (κ2) is 7.53. The molecule has 0 spiro atoms. The van der Waals surface area contributed by atoms with Crippen LogP contribution in [0.15, 0.2) is 35.1 Å². The normalized spacial score (nSPS) is 19.9. The second-order valence-corrected chi connectivity index (χ2v) is 8.77. The topological polar surface area (TPSA) is 107 Å². The maximum atomic E-state index is 13.3. The van der Waals surface area contributed by atoms with Crippen molar-refractivity contribution < 1.29 is 14.6 Å². The number of para-hydroxylation sites is 1. The summed E-state index contributed by atoms with van der Waals surface area (Å²) >= 11 is 0. The van der Waals surface area contributed by atoms with Crippen LogP contribution in [0.25, 0.3) is 22.3 Å². The summed E-state index contributed by atoms with van der Waals surface area (Å²) in [5, 5.41) is 12.0.